The van der Waals surface area contributed by atoms with Gasteiger partial charge in [0, 0.05) is 36.8 Å². The Hall–Kier alpha value is -1.36. The normalized spacial score (nSPS) is 24.2. The van der Waals surface area contributed by atoms with Crippen LogP contribution < -0.4 is 0 Å². The van der Waals surface area contributed by atoms with Crippen LogP contribution in [0.3, 0.4) is 0 Å². The molecule has 5 nitrogen and oxygen atoms in total. The second-order valence-electron chi connectivity index (χ2n) is 6.87. The van der Waals surface area contributed by atoms with E-state index in [-0.39, 0.29) is 17.4 Å². The summed E-state index contributed by atoms with van der Waals surface area (Å²) in [5.41, 5.74) is 2.31. The van der Waals surface area contributed by atoms with Gasteiger partial charge in [0.05, 0.1) is 11.6 Å². The number of likely N-dealkylation sites (tertiary alicyclic amines) is 1. The van der Waals surface area contributed by atoms with Crippen molar-refractivity contribution in [2.24, 2.45) is 13.0 Å². The average molecular weight is 279 g/mol. The minimum absolute atomic E-state index is 0.00571. The summed E-state index contributed by atoms with van der Waals surface area (Å²) in [5.74, 6) is -0.924. The molecule has 2 atom stereocenters. The van der Waals surface area contributed by atoms with E-state index in [0.29, 0.717) is 0 Å². The highest BCUT2D eigenvalue weighted by Gasteiger charge is 2.36. The fraction of sp³-hybridized carbons (Fsp3) is 0.733. The largest absolute Gasteiger partial charge is 0.481 e. The zero-order valence-electron chi connectivity index (χ0n) is 13.1. The topological polar surface area (TPSA) is 58.4 Å². The number of hydrogen-bond donors (Lipinski definition) is 1. The third kappa shape index (κ3) is 2.87. The summed E-state index contributed by atoms with van der Waals surface area (Å²) in [6.07, 6.45) is 2.79. The predicted molar refractivity (Wildman–Crippen MR) is 77.5 cm³/mol. The van der Waals surface area contributed by atoms with Crippen molar-refractivity contribution in [1.82, 2.24) is 14.7 Å². The average Bonchev–Trinajstić information content (AvgIpc) is 2.83. The number of aryl methyl sites for hydroxylation is 1. The number of rotatable bonds is 3. The van der Waals surface area contributed by atoms with Crippen molar-refractivity contribution in [1.29, 1.82) is 0 Å². The first-order valence-corrected chi connectivity index (χ1v) is 7.20. The molecule has 0 bridgehead atoms. The molecular weight excluding hydrogens is 254 g/mol. The zero-order chi connectivity index (χ0) is 15.1. The van der Waals surface area contributed by atoms with Crippen molar-refractivity contribution in [2.75, 3.05) is 6.54 Å². The molecule has 2 unspecified atom stereocenters. The fourth-order valence-corrected chi connectivity index (χ4v) is 3.06. The van der Waals surface area contributed by atoms with Crippen molar-refractivity contribution in [3.63, 3.8) is 0 Å². The molecule has 1 N–H and O–H groups in total. The molecule has 0 amide bonds. The van der Waals surface area contributed by atoms with Crippen LogP contribution in [0, 0.1) is 5.92 Å². The molecule has 1 aliphatic heterocycles. The maximum atomic E-state index is 11.2. The van der Waals surface area contributed by atoms with E-state index in [1.165, 1.54) is 5.56 Å². The van der Waals surface area contributed by atoms with Gasteiger partial charge in [-0.3, -0.25) is 14.4 Å². The summed E-state index contributed by atoms with van der Waals surface area (Å²) < 4.78 is 1.85. The lowest BCUT2D eigenvalue weighted by atomic mass is 9.89. The minimum Gasteiger partial charge on any atom is -0.481 e. The number of aromatic nitrogens is 2. The SMILES string of the molecule is CC1C(C(=O)O)CCN1Cc1cn(C)nc1C(C)(C)C. The van der Waals surface area contributed by atoms with Gasteiger partial charge in [0.15, 0.2) is 0 Å². The molecule has 1 aliphatic rings. The lowest BCUT2D eigenvalue weighted by Crippen LogP contribution is -2.33. The number of aliphatic carboxylic acids is 1. The second kappa shape index (κ2) is 5.20. The molecule has 0 aromatic carbocycles. The molecule has 0 spiro atoms. The lowest BCUT2D eigenvalue weighted by Gasteiger charge is -2.25. The van der Waals surface area contributed by atoms with E-state index in [2.05, 4.69) is 37.0 Å². The fourth-order valence-electron chi connectivity index (χ4n) is 3.06. The first kappa shape index (κ1) is 15.0. The van der Waals surface area contributed by atoms with Crippen LogP contribution in [0.4, 0.5) is 0 Å². The Labute approximate surface area is 120 Å². The number of carbonyl (C=O) groups is 1. The Morgan fingerprint density at radius 1 is 1.50 bits per heavy atom. The Kier molecular flexibility index (Phi) is 3.91. The van der Waals surface area contributed by atoms with Crippen molar-refractivity contribution in [3.8, 4) is 0 Å². The number of nitrogens with zero attached hydrogens (tertiary/aromatic N) is 3. The molecule has 0 aliphatic carbocycles. The summed E-state index contributed by atoms with van der Waals surface area (Å²) in [7, 11) is 1.94. The van der Waals surface area contributed by atoms with Crippen LogP contribution in [0.15, 0.2) is 6.20 Å². The molecule has 2 heterocycles. The second-order valence-corrected chi connectivity index (χ2v) is 6.87. The van der Waals surface area contributed by atoms with Crippen molar-refractivity contribution in [2.45, 2.75) is 52.1 Å². The van der Waals surface area contributed by atoms with Crippen LogP contribution in [-0.2, 0) is 23.8 Å². The molecule has 1 fully saturated rings. The van der Waals surface area contributed by atoms with Crippen LogP contribution in [0.2, 0.25) is 0 Å². The van der Waals surface area contributed by atoms with Crippen LogP contribution in [0.1, 0.15) is 45.4 Å². The molecule has 0 radical (unpaired) electrons. The van der Waals surface area contributed by atoms with Crippen LogP contribution >= 0.6 is 0 Å². The first-order valence-electron chi connectivity index (χ1n) is 7.20. The van der Waals surface area contributed by atoms with Crippen LogP contribution in [-0.4, -0.2) is 38.3 Å². The highest BCUT2D eigenvalue weighted by Crippen LogP contribution is 2.29. The van der Waals surface area contributed by atoms with E-state index in [1.807, 2.05) is 18.7 Å². The highest BCUT2D eigenvalue weighted by atomic mass is 16.4. The van der Waals surface area contributed by atoms with Gasteiger partial charge in [0.1, 0.15) is 0 Å². The maximum Gasteiger partial charge on any atom is 0.308 e. The smallest absolute Gasteiger partial charge is 0.308 e. The standard InChI is InChI=1S/C15H25N3O2/c1-10-12(14(19)20)6-7-18(10)9-11-8-17(5)16-13(11)15(2,3)4/h8,10,12H,6-7,9H2,1-5H3,(H,19,20). The molecular formula is C15H25N3O2. The Bertz CT molecular complexity index is 502. The maximum absolute atomic E-state index is 11.2. The minimum atomic E-state index is -0.678. The lowest BCUT2D eigenvalue weighted by molar-refractivity contribution is -0.142. The summed E-state index contributed by atoms with van der Waals surface area (Å²) in [5, 5.41) is 13.8. The predicted octanol–water partition coefficient (Wildman–Crippen LogP) is 2.01. The first-order chi connectivity index (χ1) is 9.20. The molecule has 112 valence electrons. The molecule has 1 aromatic rings. The van der Waals surface area contributed by atoms with Gasteiger partial charge in [-0.2, -0.15) is 5.10 Å². The van der Waals surface area contributed by atoms with Crippen LogP contribution in [0.5, 0.6) is 0 Å². The molecule has 1 aromatic heterocycles. The van der Waals surface area contributed by atoms with Gasteiger partial charge in [-0.25, -0.2) is 0 Å². The Morgan fingerprint density at radius 3 is 2.65 bits per heavy atom. The van der Waals surface area contributed by atoms with Gasteiger partial charge in [0.25, 0.3) is 0 Å². The molecule has 0 saturated carbocycles. The van der Waals surface area contributed by atoms with Gasteiger partial charge < -0.3 is 5.11 Å². The van der Waals surface area contributed by atoms with Crippen molar-refractivity contribution in [3.05, 3.63) is 17.5 Å². The summed E-state index contributed by atoms with van der Waals surface area (Å²) in [4.78, 5) is 13.5. The number of carboxylic acids is 1. The highest BCUT2D eigenvalue weighted by molar-refractivity contribution is 5.71. The van der Waals surface area contributed by atoms with E-state index >= 15 is 0 Å². The number of hydrogen-bond acceptors (Lipinski definition) is 3. The van der Waals surface area contributed by atoms with E-state index in [9.17, 15) is 9.90 Å². The van der Waals surface area contributed by atoms with Gasteiger partial charge in [-0.15, -0.1) is 0 Å². The summed E-state index contributed by atoms with van der Waals surface area (Å²) in [6, 6.07) is 0.0838. The van der Waals surface area contributed by atoms with E-state index in [0.717, 1.165) is 25.2 Å². The van der Waals surface area contributed by atoms with Gasteiger partial charge >= 0.3 is 5.97 Å². The third-order valence-corrected chi connectivity index (χ3v) is 4.19. The molecule has 2 rings (SSSR count). The van der Waals surface area contributed by atoms with E-state index < -0.39 is 5.97 Å². The molecule has 5 heteroatoms. The summed E-state index contributed by atoms with van der Waals surface area (Å²) in [6.45, 7) is 10.1. The Balaban J connectivity index is 2.18. The number of carboxylic acid groups (broad SMARTS) is 1. The molecule has 20 heavy (non-hydrogen) atoms. The third-order valence-electron chi connectivity index (χ3n) is 4.19. The van der Waals surface area contributed by atoms with Gasteiger partial charge in [-0.1, -0.05) is 20.8 Å². The van der Waals surface area contributed by atoms with E-state index in [4.69, 9.17) is 0 Å². The van der Waals surface area contributed by atoms with Crippen molar-refractivity contribution >= 4 is 5.97 Å². The monoisotopic (exact) mass is 279 g/mol. The summed E-state index contributed by atoms with van der Waals surface area (Å²) >= 11 is 0. The van der Waals surface area contributed by atoms with E-state index in [1.54, 1.807) is 0 Å². The van der Waals surface area contributed by atoms with Gasteiger partial charge in [0.2, 0.25) is 0 Å². The van der Waals surface area contributed by atoms with Gasteiger partial charge in [-0.05, 0) is 19.9 Å². The quantitative estimate of drug-likeness (QED) is 0.919. The van der Waals surface area contributed by atoms with Crippen molar-refractivity contribution < 1.29 is 9.90 Å². The molecule has 1 saturated heterocycles. The Morgan fingerprint density at radius 2 is 2.15 bits per heavy atom. The van der Waals surface area contributed by atoms with Crippen LogP contribution in [0.25, 0.3) is 0 Å². The zero-order valence-corrected chi connectivity index (χ0v) is 13.1.